The Balaban J connectivity index is 1.23. The van der Waals surface area contributed by atoms with Gasteiger partial charge in [-0.3, -0.25) is 19.3 Å². The van der Waals surface area contributed by atoms with E-state index in [4.69, 9.17) is 14.5 Å². The first-order chi connectivity index (χ1) is 22.7. The molecule has 1 unspecified atom stereocenters. The number of ether oxygens (including phenoxy) is 2. The SMILES string of the molecule is CCOC(=O)CC(CNC(=O)CCCCc1ccc2c(n1)N(C(=O)OC(C)(C)C)CCC2)NC(=O)C1CN(S(=O)(=O)c2cn(C)cn2)C1. The second kappa shape index (κ2) is 15.9. The number of carbonyl (C=O) groups excluding carboxylic acids is 4. The number of nitrogens with one attached hydrogen (secondary N) is 2. The number of hydrogen-bond acceptors (Lipinski definition) is 10. The fourth-order valence-electron chi connectivity index (χ4n) is 5.40. The molecule has 15 nitrogen and oxygen atoms in total. The largest absolute Gasteiger partial charge is 0.466 e. The van der Waals surface area contributed by atoms with Crippen molar-refractivity contribution in [3.05, 3.63) is 35.9 Å². The Hall–Kier alpha value is -4.05. The number of carbonyl (C=O) groups is 4. The summed E-state index contributed by atoms with van der Waals surface area (Å²) in [7, 11) is -2.14. The number of pyridine rings is 1. The van der Waals surface area contributed by atoms with E-state index < -0.39 is 45.6 Å². The van der Waals surface area contributed by atoms with E-state index in [0.717, 1.165) is 24.1 Å². The highest BCUT2D eigenvalue weighted by molar-refractivity contribution is 7.89. The first-order valence-electron chi connectivity index (χ1n) is 16.4. The van der Waals surface area contributed by atoms with Crippen molar-refractivity contribution in [3.63, 3.8) is 0 Å². The smallest absolute Gasteiger partial charge is 0.416 e. The van der Waals surface area contributed by atoms with E-state index in [9.17, 15) is 27.6 Å². The van der Waals surface area contributed by atoms with Crippen LogP contribution in [0.3, 0.4) is 0 Å². The van der Waals surface area contributed by atoms with Crippen LogP contribution in [0.1, 0.15) is 71.1 Å². The molecular weight excluding hydrogens is 642 g/mol. The summed E-state index contributed by atoms with van der Waals surface area (Å²) in [5.41, 5.74) is 1.22. The van der Waals surface area contributed by atoms with Crippen LogP contribution in [0, 0.1) is 5.92 Å². The van der Waals surface area contributed by atoms with Crippen molar-refractivity contribution in [2.75, 3.05) is 37.7 Å². The maximum Gasteiger partial charge on any atom is 0.416 e. The lowest BCUT2D eigenvalue weighted by atomic mass is 10.0. The highest BCUT2D eigenvalue weighted by Gasteiger charge is 2.42. The minimum atomic E-state index is -3.80. The first-order valence-corrected chi connectivity index (χ1v) is 17.8. The number of fused-ring (bicyclic) bond motifs is 1. The molecule has 2 aromatic heterocycles. The summed E-state index contributed by atoms with van der Waals surface area (Å²) in [6, 6.07) is 3.23. The third-order valence-corrected chi connectivity index (χ3v) is 9.63. The van der Waals surface area contributed by atoms with Gasteiger partial charge in [0.15, 0.2) is 5.03 Å². The summed E-state index contributed by atoms with van der Waals surface area (Å²) in [4.78, 5) is 60.8. The van der Waals surface area contributed by atoms with Crippen LogP contribution in [0.15, 0.2) is 29.7 Å². The number of rotatable bonds is 14. The minimum absolute atomic E-state index is 0.0126. The number of imidazole rings is 1. The number of anilines is 1. The van der Waals surface area contributed by atoms with Gasteiger partial charge in [0.1, 0.15) is 11.4 Å². The van der Waals surface area contributed by atoms with E-state index in [1.54, 1.807) is 18.9 Å². The first kappa shape index (κ1) is 36.8. The molecule has 1 fully saturated rings. The number of aryl methyl sites for hydroxylation is 3. The normalized spacial score (nSPS) is 16.0. The lowest BCUT2D eigenvalue weighted by molar-refractivity contribution is -0.144. The molecule has 16 heteroatoms. The van der Waals surface area contributed by atoms with Gasteiger partial charge in [-0.15, -0.1) is 0 Å². The number of esters is 1. The predicted octanol–water partition coefficient (Wildman–Crippen LogP) is 2.09. The molecule has 0 saturated carbocycles. The van der Waals surface area contributed by atoms with E-state index in [2.05, 4.69) is 15.6 Å². The molecule has 0 radical (unpaired) electrons. The van der Waals surface area contributed by atoms with Gasteiger partial charge in [-0.2, -0.15) is 4.31 Å². The zero-order valence-electron chi connectivity index (χ0n) is 28.4. The Morgan fingerprint density at radius 2 is 1.88 bits per heavy atom. The molecule has 4 rings (SSSR count). The lowest BCUT2D eigenvalue weighted by Gasteiger charge is -2.37. The molecular formula is C32H47N7O8S. The van der Waals surface area contributed by atoms with Crippen LogP contribution in [-0.4, -0.2) is 95.6 Å². The molecule has 3 amide bonds. The van der Waals surface area contributed by atoms with Crippen molar-refractivity contribution in [3.8, 4) is 0 Å². The number of unbranched alkanes of at least 4 members (excludes halogenated alkanes) is 1. The fraction of sp³-hybridized carbons (Fsp3) is 0.625. The van der Waals surface area contributed by atoms with Crippen LogP contribution in [0.4, 0.5) is 10.6 Å². The van der Waals surface area contributed by atoms with Gasteiger partial charge in [0.05, 0.1) is 31.3 Å². The van der Waals surface area contributed by atoms with Gasteiger partial charge < -0.3 is 24.7 Å². The molecule has 264 valence electrons. The summed E-state index contributed by atoms with van der Waals surface area (Å²) >= 11 is 0. The molecule has 4 heterocycles. The molecule has 0 aliphatic carbocycles. The molecule has 2 N–H and O–H groups in total. The molecule has 0 aromatic carbocycles. The standard InChI is InChI=1S/C32H47N7O8S/c1-6-46-28(41)16-25(36-30(42)23-18-38(19-23)48(44,45)27-20-37(5)21-34-27)17-33-26(40)12-8-7-11-24-14-13-22-10-9-15-39(29(22)35-24)31(43)47-32(2,3)4/h13-14,20-21,23,25H,6-12,15-19H2,1-5H3,(H,33,40)(H,36,42). The third kappa shape index (κ3) is 9.98. The van der Waals surface area contributed by atoms with Crippen molar-refractivity contribution in [1.82, 2.24) is 29.5 Å². The number of nitrogens with zero attached hydrogens (tertiary/aromatic N) is 5. The molecule has 2 aromatic rings. The van der Waals surface area contributed by atoms with Gasteiger partial charge >= 0.3 is 12.1 Å². The summed E-state index contributed by atoms with van der Waals surface area (Å²) < 4.78 is 38.8. The molecule has 48 heavy (non-hydrogen) atoms. The van der Waals surface area contributed by atoms with E-state index in [-0.39, 0.29) is 50.0 Å². The number of hydrogen-bond donors (Lipinski definition) is 2. The minimum Gasteiger partial charge on any atom is -0.466 e. The topological polar surface area (TPSA) is 182 Å². The Labute approximate surface area is 281 Å². The van der Waals surface area contributed by atoms with E-state index in [1.807, 2.05) is 32.9 Å². The quantitative estimate of drug-likeness (QED) is 0.220. The van der Waals surface area contributed by atoms with Crippen molar-refractivity contribution in [2.24, 2.45) is 13.0 Å². The number of sulfonamides is 1. The third-order valence-electron chi connectivity index (χ3n) is 7.91. The van der Waals surface area contributed by atoms with Crippen molar-refractivity contribution >= 4 is 39.7 Å². The highest BCUT2D eigenvalue weighted by atomic mass is 32.2. The maximum atomic E-state index is 12.9. The van der Waals surface area contributed by atoms with E-state index in [0.29, 0.717) is 31.6 Å². The molecule has 2 aliphatic rings. The molecule has 2 aliphatic heterocycles. The Kier molecular flexibility index (Phi) is 12.2. The monoisotopic (exact) mass is 689 g/mol. The average molecular weight is 690 g/mol. The molecule has 1 atom stereocenters. The van der Waals surface area contributed by atoms with Crippen LogP contribution < -0.4 is 15.5 Å². The lowest BCUT2D eigenvalue weighted by Crippen LogP contribution is -2.57. The Morgan fingerprint density at radius 3 is 2.54 bits per heavy atom. The van der Waals surface area contributed by atoms with Crippen LogP contribution in [0.2, 0.25) is 0 Å². The van der Waals surface area contributed by atoms with Crippen LogP contribution in [0.25, 0.3) is 0 Å². The van der Waals surface area contributed by atoms with Gasteiger partial charge in [-0.05, 0) is 71.4 Å². The molecule has 1 saturated heterocycles. The second-order valence-electron chi connectivity index (χ2n) is 13.1. The van der Waals surface area contributed by atoms with Crippen LogP contribution in [-0.2, 0) is 53.8 Å². The summed E-state index contributed by atoms with van der Waals surface area (Å²) in [5.74, 6) is -1.13. The Morgan fingerprint density at radius 1 is 1.12 bits per heavy atom. The van der Waals surface area contributed by atoms with Crippen molar-refractivity contribution < 1.29 is 37.1 Å². The summed E-state index contributed by atoms with van der Waals surface area (Å²) in [6.45, 7) is 7.87. The highest BCUT2D eigenvalue weighted by Crippen LogP contribution is 2.28. The fourth-order valence-corrected chi connectivity index (χ4v) is 6.90. The average Bonchev–Trinajstić information content (AvgIpc) is 3.43. The molecule has 0 bridgehead atoms. The van der Waals surface area contributed by atoms with E-state index >= 15 is 0 Å². The predicted molar refractivity (Wildman–Crippen MR) is 175 cm³/mol. The zero-order chi connectivity index (χ0) is 35.1. The maximum absolute atomic E-state index is 12.9. The van der Waals surface area contributed by atoms with Gasteiger partial charge in [-0.1, -0.05) is 6.07 Å². The van der Waals surface area contributed by atoms with Gasteiger partial charge in [0, 0.05) is 51.5 Å². The second-order valence-corrected chi connectivity index (χ2v) is 15.0. The number of amides is 3. The van der Waals surface area contributed by atoms with Crippen molar-refractivity contribution in [1.29, 1.82) is 0 Å². The van der Waals surface area contributed by atoms with Gasteiger partial charge in [-0.25, -0.2) is 23.2 Å². The van der Waals surface area contributed by atoms with Gasteiger partial charge in [0.25, 0.3) is 10.0 Å². The summed E-state index contributed by atoms with van der Waals surface area (Å²) in [6.07, 6.45) is 6.03. The van der Waals surface area contributed by atoms with E-state index in [1.165, 1.54) is 21.4 Å². The van der Waals surface area contributed by atoms with Crippen LogP contribution >= 0.6 is 0 Å². The van der Waals surface area contributed by atoms with Gasteiger partial charge in [0.2, 0.25) is 11.8 Å². The Bertz CT molecular complexity index is 1580. The van der Waals surface area contributed by atoms with Crippen LogP contribution in [0.5, 0.6) is 0 Å². The zero-order valence-corrected chi connectivity index (χ0v) is 29.2. The number of aromatic nitrogens is 3. The molecule has 0 spiro atoms. The van der Waals surface area contributed by atoms with Crippen molar-refractivity contribution in [2.45, 2.75) is 89.3 Å². The summed E-state index contributed by atoms with van der Waals surface area (Å²) in [5, 5.41) is 5.48.